The van der Waals surface area contributed by atoms with Crippen LogP contribution >= 0.6 is 0 Å². The van der Waals surface area contributed by atoms with Gasteiger partial charge in [-0.05, 0) is 51.9 Å². The summed E-state index contributed by atoms with van der Waals surface area (Å²) < 4.78 is 17.7. The number of ether oxygens (including phenoxy) is 3. The summed E-state index contributed by atoms with van der Waals surface area (Å²) in [5.74, 6) is -1.14. The summed E-state index contributed by atoms with van der Waals surface area (Å²) >= 11 is 0. The standard InChI is InChI=1S/C51H97NO7/c1-8-14-16-18-20-22-24-26-28-30-32-34-36-38-46(53)45(52-47(54)39-37-35-33-31-29-27-25-23-21-19-17-15-9-2)44-57-48(55)40-41-49(56)59-51(12-5,13-6)42-43-58-50(7,10-3)11-4/h36,38,45-46,53H,8-35,37,39-44H2,1-7H3,(H,52,54). The van der Waals surface area contributed by atoms with E-state index in [4.69, 9.17) is 14.2 Å². The lowest BCUT2D eigenvalue weighted by Crippen LogP contribution is -2.46. The van der Waals surface area contributed by atoms with Crippen LogP contribution in [0.15, 0.2) is 12.2 Å². The van der Waals surface area contributed by atoms with Gasteiger partial charge in [0, 0.05) is 12.8 Å². The second-order valence-corrected chi connectivity index (χ2v) is 17.7. The van der Waals surface area contributed by atoms with Crippen LogP contribution in [0.3, 0.4) is 0 Å². The summed E-state index contributed by atoms with van der Waals surface area (Å²) in [7, 11) is 0. The van der Waals surface area contributed by atoms with Gasteiger partial charge < -0.3 is 24.6 Å². The monoisotopic (exact) mass is 836 g/mol. The average molecular weight is 836 g/mol. The Morgan fingerprint density at radius 2 is 1.02 bits per heavy atom. The first-order valence-electron chi connectivity index (χ1n) is 25.2. The first-order chi connectivity index (χ1) is 28.5. The second-order valence-electron chi connectivity index (χ2n) is 17.7. The van der Waals surface area contributed by atoms with Crippen molar-refractivity contribution in [3.63, 3.8) is 0 Å². The molecule has 0 aromatic heterocycles. The van der Waals surface area contributed by atoms with Crippen LogP contribution in [0.1, 0.15) is 260 Å². The third-order valence-corrected chi connectivity index (χ3v) is 12.7. The highest BCUT2D eigenvalue weighted by molar-refractivity contribution is 5.78. The molecule has 0 aromatic carbocycles. The highest BCUT2D eigenvalue weighted by atomic mass is 16.6. The summed E-state index contributed by atoms with van der Waals surface area (Å²) in [6.45, 7) is 15.2. The number of carbonyl (C=O) groups is 3. The van der Waals surface area contributed by atoms with Crippen molar-refractivity contribution in [1.29, 1.82) is 0 Å². The van der Waals surface area contributed by atoms with E-state index in [-0.39, 0.29) is 31.0 Å². The Labute approximate surface area is 364 Å². The van der Waals surface area contributed by atoms with Gasteiger partial charge in [0.05, 0.1) is 37.2 Å². The lowest BCUT2D eigenvalue weighted by Gasteiger charge is -2.34. The second kappa shape index (κ2) is 39.0. The Morgan fingerprint density at radius 3 is 1.47 bits per heavy atom. The van der Waals surface area contributed by atoms with E-state index in [1.165, 1.54) is 122 Å². The number of esters is 2. The zero-order valence-electron chi connectivity index (χ0n) is 40.0. The Kier molecular flexibility index (Phi) is 37.7. The Hall–Kier alpha value is -1.93. The number of rotatable bonds is 43. The molecule has 8 heteroatoms. The van der Waals surface area contributed by atoms with Gasteiger partial charge >= 0.3 is 11.9 Å². The van der Waals surface area contributed by atoms with Gasteiger partial charge in [-0.15, -0.1) is 0 Å². The molecule has 0 fully saturated rings. The summed E-state index contributed by atoms with van der Waals surface area (Å²) in [6, 6.07) is -0.765. The maximum absolute atomic E-state index is 13.0. The molecule has 0 aliphatic heterocycles. The third kappa shape index (κ3) is 32.5. The van der Waals surface area contributed by atoms with Crippen molar-refractivity contribution in [3.05, 3.63) is 12.2 Å². The van der Waals surface area contributed by atoms with E-state index in [1.807, 2.05) is 19.9 Å². The molecule has 8 nitrogen and oxygen atoms in total. The Balaban J connectivity index is 4.91. The molecule has 0 aromatic rings. The van der Waals surface area contributed by atoms with Crippen molar-refractivity contribution in [3.8, 4) is 0 Å². The molecule has 59 heavy (non-hydrogen) atoms. The van der Waals surface area contributed by atoms with Crippen LogP contribution in [0.4, 0.5) is 0 Å². The van der Waals surface area contributed by atoms with Gasteiger partial charge in [-0.25, -0.2) is 0 Å². The minimum Gasteiger partial charge on any atom is -0.463 e. The van der Waals surface area contributed by atoms with Gasteiger partial charge in [-0.3, -0.25) is 14.4 Å². The normalized spacial score (nSPS) is 13.2. The summed E-state index contributed by atoms with van der Waals surface area (Å²) in [4.78, 5) is 38.8. The topological polar surface area (TPSA) is 111 Å². The fourth-order valence-electron chi connectivity index (χ4n) is 7.59. The van der Waals surface area contributed by atoms with Gasteiger partial charge in [0.1, 0.15) is 12.2 Å². The number of hydrogen-bond donors (Lipinski definition) is 2. The van der Waals surface area contributed by atoms with Crippen LogP contribution in [0.5, 0.6) is 0 Å². The number of carbonyl (C=O) groups excluding carboxylic acids is 3. The number of nitrogens with one attached hydrogen (secondary N) is 1. The zero-order valence-corrected chi connectivity index (χ0v) is 40.0. The van der Waals surface area contributed by atoms with Gasteiger partial charge in [0.2, 0.25) is 5.91 Å². The molecule has 348 valence electrons. The maximum Gasteiger partial charge on any atom is 0.306 e. The molecule has 0 aliphatic rings. The number of aliphatic hydroxyl groups is 1. The number of aliphatic hydroxyl groups excluding tert-OH is 1. The van der Waals surface area contributed by atoms with E-state index >= 15 is 0 Å². The quantitative estimate of drug-likeness (QED) is 0.0357. The molecule has 2 unspecified atom stereocenters. The Morgan fingerprint density at radius 1 is 0.576 bits per heavy atom. The lowest BCUT2D eigenvalue weighted by atomic mass is 9.93. The fraction of sp³-hybridized carbons (Fsp3) is 0.902. The average Bonchev–Trinajstić information content (AvgIpc) is 3.24. The maximum atomic E-state index is 13.0. The predicted molar refractivity (Wildman–Crippen MR) is 248 cm³/mol. The van der Waals surface area contributed by atoms with E-state index in [9.17, 15) is 19.5 Å². The smallest absolute Gasteiger partial charge is 0.306 e. The number of allylic oxidation sites excluding steroid dienone is 1. The molecular weight excluding hydrogens is 739 g/mol. The molecule has 0 rings (SSSR count). The first kappa shape index (κ1) is 57.1. The van der Waals surface area contributed by atoms with Crippen LogP contribution in [0.2, 0.25) is 0 Å². The third-order valence-electron chi connectivity index (χ3n) is 12.7. The number of amides is 1. The van der Waals surface area contributed by atoms with Gasteiger partial charge in [0.15, 0.2) is 0 Å². The van der Waals surface area contributed by atoms with Crippen molar-refractivity contribution in [1.82, 2.24) is 5.32 Å². The van der Waals surface area contributed by atoms with Gasteiger partial charge in [-0.1, -0.05) is 195 Å². The van der Waals surface area contributed by atoms with Crippen LogP contribution in [0.25, 0.3) is 0 Å². The summed E-state index contributed by atoms with van der Waals surface area (Å²) in [5.41, 5.74) is -0.837. The minimum absolute atomic E-state index is 0.0967. The van der Waals surface area contributed by atoms with Crippen molar-refractivity contribution in [2.24, 2.45) is 0 Å². The Bertz CT molecular complexity index is 1020. The molecule has 2 atom stereocenters. The van der Waals surface area contributed by atoms with Crippen LogP contribution in [0, 0.1) is 0 Å². The van der Waals surface area contributed by atoms with E-state index in [0.29, 0.717) is 32.3 Å². The summed E-state index contributed by atoms with van der Waals surface area (Å²) in [5, 5.41) is 14.0. The number of hydrogen-bond acceptors (Lipinski definition) is 7. The van der Waals surface area contributed by atoms with Gasteiger partial charge in [0.25, 0.3) is 0 Å². The molecule has 0 bridgehead atoms. The molecule has 1 amide bonds. The molecule has 0 saturated carbocycles. The van der Waals surface area contributed by atoms with Gasteiger partial charge in [-0.2, -0.15) is 0 Å². The van der Waals surface area contributed by atoms with E-state index in [2.05, 4.69) is 39.9 Å². The van der Waals surface area contributed by atoms with Crippen molar-refractivity contribution < 1.29 is 33.7 Å². The van der Waals surface area contributed by atoms with Crippen LogP contribution in [-0.4, -0.2) is 59.5 Å². The number of unbranched alkanes of at least 4 members (excludes halogenated alkanes) is 23. The molecule has 2 N–H and O–H groups in total. The van der Waals surface area contributed by atoms with Crippen LogP contribution < -0.4 is 5.32 Å². The van der Waals surface area contributed by atoms with E-state index in [1.54, 1.807) is 6.08 Å². The van der Waals surface area contributed by atoms with Crippen molar-refractivity contribution in [2.75, 3.05) is 13.2 Å². The molecular formula is C51H97NO7. The van der Waals surface area contributed by atoms with Crippen molar-refractivity contribution in [2.45, 2.75) is 284 Å². The highest BCUT2D eigenvalue weighted by Crippen LogP contribution is 2.28. The first-order valence-corrected chi connectivity index (χ1v) is 25.2. The summed E-state index contributed by atoms with van der Waals surface area (Å²) in [6.07, 6.45) is 37.7. The SMILES string of the molecule is CCCCCCCCCCCCCC=CC(O)C(COC(=O)CCC(=O)OC(CC)(CC)CCOC(C)(CC)CC)NC(=O)CCCCCCCCCCCCCCC. The predicted octanol–water partition coefficient (Wildman–Crippen LogP) is 14.0. The van der Waals surface area contributed by atoms with E-state index in [0.717, 1.165) is 51.4 Å². The van der Waals surface area contributed by atoms with E-state index < -0.39 is 29.7 Å². The fourth-order valence-corrected chi connectivity index (χ4v) is 7.59. The molecule has 0 heterocycles. The molecule has 0 spiro atoms. The molecule has 0 saturated heterocycles. The highest BCUT2D eigenvalue weighted by Gasteiger charge is 2.32. The molecule has 0 radical (unpaired) electrons. The lowest BCUT2D eigenvalue weighted by molar-refractivity contribution is -0.166. The largest absolute Gasteiger partial charge is 0.463 e. The zero-order chi connectivity index (χ0) is 43.9. The molecule has 0 aliphatic carbocycles. The van der Waals surface area contributed by atoms with Crippen molar-refractivity contribution >= 4 is 17.8 Å². The minimum atomic E-state index is -0.990. The van der Waals surface area contributed by atoms with Crippen LogP contribution in [-0.2, 0) is 28.6 Å².